The number of benzene rings is 3. The first-order valence-corrected chi connectivity index (χ1v) is 9.10. The van der Waals surface area contributed by atoms with Crippen LogP contribution in [0.25, 0.3) is 22.0 Å². The van der Waals surface area contributed by atoms with Gasteiger partial charge in [-0.1, -0.05) is 42.5 Å². The lowest BCUT2D eigenvalue weighted by Crippen LogP contribution is -2.38. The van der Waals surface area contributed by atoms with Crippen LogP contribution < -0.4 is 11.3 Å². The predicted octanol–water partition coefficient (Wildman–Crippen LogP) is 3.06. The summed E-state index contributed by atoms with van der Waals surface area (Å²) in [5, 5.41) is 23.2. The minimum atomic E-state index is 0.287. The van der Waals surface area contributed by atoms with Crippen LogP contribution in [-0.4, -0.2) is 10.4 Å². The van der Waals surface area contributed by atoms with E-state index in [1.54, 1.807) is 0 Å². The Morgan fingerprint density at radius 3 is 2.59 bits per heavy atom. The van der Waals surface area contributed by atoms with Crippen LogP contribution in [0, 0.1) is 11.3 Å². The normalized spacial score (nSPS) is 11.0. The molecule has 0 bridgehead atoms. The van der Waals surface area contributed by atoms with Crippen molar-refractivity contribution >= 4 is 16.7 Å². The second-order valence-electron chi connectivity index (χ2n) is 6.67. The van der Waals surface area contributed by atoms with E-state index in [2.05, 4.69) is 45.2 Å². The number of amidine groups is 1. The molecule has 29 heavy (non-hydrogen) atoms. The van der Waals surface area contributed by atoms with E-state index in [0.717, 1.165) is 34.1 Å². The highest BCUT2D eigenvalue weighted by atomic mass is 15.3. The average Bonchev–Trinajstić information content (AvgIpc) is 3.16. The zero-order valence-corrected chi connectivity index (χ0v) is 15.7. The Morgan fingerprint density at radius 1 is 1.03 bits per heavy atom. The molecule has 0 unspecified atom stereocenters. The summed E-state index contributed by atoms with van der Waals surface area (Å²) >= 11 is 0. The number of nitrogens with zero attached hydrogens (tertiary/aromatic N) is 4. The molecule has 0 aliphatic carbocycles. The Morgan fingerprint density at radius 2 is 1.83 bits per heavy atom. The molecule has 4 aromatic rings. The molecule has 3 aromatic carbocycles. The van der Waals surface area contributed by atoms with Gasteiger partial charge in [-0.25, -0.2) is 0 Å². The number of rotatable bonds is 4. The van der Waals surface area contributed by atoms with Gasteiger partial charge in [0.2, 0.25) is 0 Å². The number of hydrogen-bond donors (Lipinski definition) is 2. The molecule has 0 spiro atoms. The van der Waals surface area contributed by atoms with Crippen LogP contribution in [0.15, 0.2) is 89.3 Å². The molecule has 6 heteroatoms. The summed E-state index contributed by atoms with van der Waals surface area (Å²) in [6, 6.07) is 26.1. The van der Waals surface area contributed by atoms with Gasteiger partial charge in [0.05, 0.1) is 22.3 Å². The zero-order chi connectivity index (χ0) is 20.2. The Kier molecular flexibility index (Phi) is 4.87. The van der Waals surface area contributed by atoms with E-state index >= 15 is 0 Å². The SMILES string of the molecule is N#Cc1ccccc1-c1ccc(Cn2ccc3cc(C(=[NH2+])N=NN)ccc32)cc1. The molecule has 4 rings (SSSR count). The maximum atomic E-state index is 9.31. The van der Waals surface area contributed by atoms with Crippen LogP contribution in [0.4, 0.5) is 0 Å². The monoisotopic (exact) mass is 379 g/mol. The van der Waals surface area contributed by atoms with Crippen molar-refractivity contribution in [3.05, 3.63) is 95.7 Å². The van der Waals surface area contributed by atoms with E-state index in [-0.39, 0.29) is 5.84 Å². The lowest BCUT2D eigenvalue weighted by Gasteiger charge is -2.08. The van der Waals surface area contributed by atoms with Crippen molar-refractivity contribution in [3.63, 3.8) is 0 Å². The van der Waals surface area contributed by atoms with E-state index in [4.69, 9.17) is 11.3 Å². The molecule has 1 aromatic heterocycles. The first-order chi connectivity index (χ1) is 14.2. The van der Waals surface area contributed by atoms with Gasteiger partial charge < -0.3 is 4.57 Å². The fourth-order valence-electron chi connectivity index (χ4n) is 3.44. The molecule has 0 saturated carbocycles. The third kappa shape index (κ3) is 3.62. The fraction of sp³-hybridized carbons (Fsp3) is 0.0435. The van der Waals surface area contributed by atoms with Crippen molar-refractivity contribution < 1.29 is 5.41 Å². The van der Waals surface area contributed by atoms with Gasteiger partial charge in [0.1, 0.15) is 0 Å². The molecule has 0 amide bonds. The Labute approximate surface area is 168 Å². The maximum absolute atomic E-state index is 9.31. The van der Waals surface area contributed by atoms with Crippen molar-refractivity contribution in [2.75, 3.05) is 0 Å². The zero-order valence-electron chi connectivity index (χ0n) is 15.7. The molecule has 140 valence electrons. The third-order valence-electron chi connectivity index (χ3n) is 4.90. The van der Waals surface area contributed by atoms with Gasteiger partial charge in [-0.2, -0.15) is 5.26 Å². The highest BCUT2D eigenvalue weighted by molar-refractivity contribution is 5.98. The van der Waals surface area contributed by atoms with Crippen molar-refractivity contribution in [2.45, 2.75) is 6.54 Å². The smallest absolute Gasteiger partial charge is 0.343 e. The second-order valence-corrected chi connectivity index (χ2v) is 6.67. The first kappa shape index (κ1) is 18.1. The largest absolute Gasteiger partial charge is 0.350 e. The summed E-state index contributed by atoms with van der Waals surface area (Å²) in [6.45, 7) is 0.741. The lowest BCUT2D eigenvalue weighted by molar-refractivity contribution is -0.114. The third-order valence-corrected chi connectivity index (χ3v) is 4.90. The summed E-state index contributed by atoms with van der Waals surface area (Å²) < 4.78 is 2.18. The molecule has 1 heterocycles. The van der Waals surface area contributed by atoms with E-state index < -0.39 is 0 Å². The first-order valence-electron chi connectivity index (χ1n) is 9.10. The molecule has 0 aliphatic rings. The standard InChI is InChI=1S/C23H18N6/c24-14-20-3-1-2-4-21(20)17-7-5-16(6-8-17)15-29-12-11-18-13-19(9-10-22(18)29)23(25)27-28-26/h1-13H,15H2,(H3,25,26,27)/p+1. The van der Waals surface area contributed by atoms with Crippen LogP contribution in [0.5, 0.6) is 0 Å². The van der Waals surface area contributed by atoms with Crippen molar-refractivity contribution in [1.82, 2.24) is 4.57 Å². The summed E-state index contributed by atoms with van der Waals surface area (Å²) in [7, 11) is 0. The van der Waals surface area contributed by atoms with E-state index in [1.807, 2.05) is 54.7 Å². The summed E-state index contributed by atoms with van der Waals surface area (Å²) in [5.41, 5.74) is 5.72. The van der Waals surface area contributed by atoms with Gasteiger partial charge in [-0.15, -0.1) is 0 Å². The topological polar surface area (TPSA) is 105 Å². The number of fused-ring (bicyclic) bond motifs is 1. The maximum Gasteiger partial charge on any atom is 0.350 e. The molecular weight excluding hydrogens is 360 g/mol. The summed E-state index contributed by atoms with van der Waals surface area (Å²) in [5.74, 6) is 5.36. The quantitative estimate of drug-likeness (QED) is 0.187. The van der Waals surface area contributed by atoms with E-state index in [1.165, 1.54) is 5.56 Å². The van der Waals surface area contributed by atoms with Crippen molar-refractivity contribution in [2.24, 2.45) is 16.2 Å². The predicted molar refractivity (Wildman–Crippen MR) is 113 cm³/mol. The van der Waals surface area contributed by atoms with Crippen LogP contribution in [-0.2, 0) is 6.54 Å². The molecule has 0 aliphatic heterocycles. The van der Waals surface area contributed by atoms with Crippen LogP contribution in [0.3, 0.4) is 0 Å². The summed E-state index contributed by atoms with van der Waals surface area (Å²) in [4.78, 5) is 0. The van der Waals surface area contributed by atoms with Gasteiger partial charge in [-0.3, -0.25) is 11.3 Å². The fourth-order valence-corrected chi connectivity index (χ4v) is 3.44. The molecular formula is C23H19N6+. The number of nitrogens with two attached hydrogens (primary N) is 2. The van der Waals surface area contributed by atoms with Crippen LogP contribution in [0.2, 0.25) is 0 Å². The van der Waals surface area contributed by atoms with E-state index in [0.29, 0.717) is 5.56 Å². The van der Waals surface area contributed by atoms with Gasteiger partial charge >= 0.3 is 5.84 Å². The number of nitriles is 1. The minimum absolute atomic E-state index is 0.287. The average molecular weight is 379 g/mol. The molecule has 0 radical (unpaired) electrons. The molecule has 0 saturated heterocycles. The minimum Gasteiger partial charge on any atom is -0.343 e. The van der Waals surface area contributed by atoms with Crippen molar-refractivity contribution in [1.29, 1.82) is 5.26 Å². The van der Waals surface area contributed by atoms with Gasteiger partial charge in [0, 0.05) is 28.9 Å². The molecule has 0 atom stereocenters. The Balaban J connectivity index is 1.59. The van der Waals surface area contributed by atoms with E-state index in [9.17, 15) is 5.26 Å². The second kappa shape index (κ2) is 7.79. The van der Waals surface area contributed by atoms with Crippen LogP contribution >= 0.6 is 0 Å². The van der Waals surface area contributed by atoms with Gasteiger partial charge in [0.15, 0.2) is 0 Å². The molecule has 6 nitrogen and oxygen atoms in total. The van der Waals surface area contributed by atoms with Gasteiger partial charge in [-0.05, 0) is 47.0 Å². The highest BCUT2D eigenvalue weighted by Gasteiger charge is 2.11. The highest BCUT2D eigenvalue weighted by Crippen LogP contribution is 2.24. The molecule has 0 fully saturated rings. The molecule has 4 N–H and O–H groups in total. The number of aromatic nitrogens is 1. The van der Waals surface area contributed by atoms with Crippen molar-refractivity contribution in [3.8, 4) is 17.2 Å². The Hall–Kier alpha value is -4.24. The number of hydrogen-bond acceptors (Lipinski definition) is 2. The van der Waals surface area contributed by atoms with Gasteiger partial charge in [0.25, 0.3) is 0 Å². The summed E-state index contributed by atoms with van der Waals surface area (Å²) in [6.07, 6.45) is 2.05. The Bertz CT molecular complexity index is 1260. The van der Waals surface area contributed by atoms with Crippen LogP contribution in [0.1, 0.15) is 16.7 Å². The lowest BCUT2D eigenvalue weighted by atomic mass is 9.99.